The molecule has 1 amide bonds. The van der Waals surface area contributed by atoms with Gasteiger partial charge in [-0.3, -0.25) is 4.79 Å². The highest BCUT2D eigenvalue weighted by atomic mass is 35.5. The van der Waals surface area contributed by atoms with E-state index in [4.69, 9.17) is 11.6 Å². The fourth-order valence-electron chi connectivity index (χ4n) is 2.46. The number of carbonyl (C=O) groups is 1. The molecule has 1 atom stereocenters. The average Bonchev–Trinajstić information content (AvgIpc) is 2.50. The number of fused-ring (bicyclic) bond motifs is 1. The van der Waals surface area contributed by atoms with Gasteiger partial charge in [-0.25, -0.2) is 4.39 Å². The monoisotopic (exact) mass is 304 g/mol. The number of nitrogens with one attached hydrogen (secondary N) is 2. The largest absolute Gasteiger partial charge is 0.384 e. The van der Waals surface area contributed by atoms with Gasteiger partial charge in [-0.05, 0) is 36.2 Å². The predicted octanol–water partition coefficient (Wildman–Crippen LogP) is 3.70. The first-order chi connectivity index (χ1) is 10.1. The summed E-state index contributed by atoms with van der Waals surface area (Å²) < 4.78 is 13.6. The van der Waals surface area contributed by atoms with Crippen LogP contribution in [0.2, 0.25) is 5.02 Å². The third kappa shape index (κ3) is 3.00. The molecule has 1 aliphatic rings. The molecule has 0 spiro atoms. The first-order valence-corrected chi connectivity index (χ1v) is 7.09. The van der Waals surface area contributed by atoms with Crippen LogP contribution in [0.3, 0.4) is 0 Å². The summed E-state index contributed by atoms with van der Waals surface area (Å²) in [5, 5.41) is 6.23. The summed E-state index contributed by atoms with van der Waals surface area (Å²) in [6.45, 7) is 0.533. The summed E-state index contributed by atoms with van der Waals surface area (Å²) in [5.41, 5.74) is 2.26. The third-order valence-corrected chi connectivity index (χ3v) is 3.81. The van der Waals surface area contributed by atoms with Gasteiger partial charge in [-0.1, -0.05) is 29.8 Å². The predicted molar refractivity (Wildman–Crippen MR) is 82.2 cm³/mol. The van der Waals surface area contributed by atoms with Gasteiger partial charge in [0.25, 0.3) is 0 Å². The standard InChI is InChI=1S/C16H14ClFN2O/c17-12-5-6-13(18)15(8-12)20-16(21)11-7-10-3-1-2-4-14(10)19-9-11/h1-6,8,11,19H,7,9H2,(H,20,21). The molecule has 0 saturated heterocycles. The molecule has 1 unspecified atom stereocenters. The zero-order chi connectivity index (χ0) is 14.8. The van der Waals surface area contributed by atoms with Crippen LogP contribution in [0.1, 0.15) is 5.56 Å². The van der Waals surface area contributed by atoms with Crippen LogP contribution >= 0.6 is 11.6 Å². The van der Waals surface area contributed by atoms with Crippen molar-refractivity contribution in [3.63, 3.8) is 0 Å². The van der Waals surface area contributed by atoms with Crippen LogP contribution in [0.25, 0.3) is 0 Å². The summed E-state index contributed by atoms with van der Waals surface area (Å²) in [5.74, 6) is -0.937. The normalized spacial score (nSPS) is 16.8. The molecule has 5 heteroatoms. The van der Waals surface area contributed by atoms with E-state index in [1.54, 1.807) is 0 Å². The smallest absolute Gasteiger partial charge is 0.229 e. The zero-order valence-electron chi connectivity index (χ0n) is 11.2. The second-order valence-corrected chi connectivity index (χ2v) is 5.49. The van der Waals surface area contributed by atoms with Crippen molar-refractivity contribution >= 4 is 28.9 Å². The number of anilines is 2. The minimum absolute atomic E-state index is 0.117. The minimum atomic E-state index is -0.489. The maximum absolute atomic E-state index is 13.6. The zero-order valence-corrected chi connectivity index (χ0v) is 12.0. The molecular weight excluding hydrogens is 291 g/mol. The van der Waals surface area contributed by atoms with Gasteiger partial charge < -0.3 is 10.6 Å². The lowest BCUT2D eigenvalue weighted by Gasteiger charge is -2.25. The van der Waals surface area contributed by atoms with Crippen molar-refractivity contribution in [2.45, 2.75) is 6.42 Å². The van der Waals surface area contributed by atoms with Crippen molar-refractivity contribution in [2.75, 3.05) is 17.2 Å². The lowest BCUT2D eigenvalue weighted by atomic mass is 9.93. The van der Waals surface area contributed by atoms with Crippen LogP contribution in [-0.4, -0.2) is 12.5 Å². The van der Waals surface area contributed by atoms with Crippen LogP contribution in [0.15, 0.2) is 42.5 Å². The van der Waals surface area contributed by atoms with E-state index in [9.17, 15) is 9.18 Å². The molecule has 2 N–H and O–H groups in total. The second-order valence-electron chi connectivity index (χ2n) is 5.05. The van der Waals surface area contributed by atoms with Crippen molar-refractivity contribution in [1.29, 1.82) is 0 Å². The molecule has 2 aromatic rings. The number of amides is 1. The minimum Gasteiger partial charge on any atom is -0.384 e. The quantitative estimate of drug-likeness (QED) is 0.888. The molecule has 108 valence electrons. The molecule has 0 aliphatic carbocycles. The van der Waals surface area contributed by atoms with E-state index in [-0.39, 0.29) is 17.5 Å². The van der Waals surface area contributed by atoms with Gasteiger partial charge in [0.15, 0.2) is 0 Å². The highest BCUT2D eigenvalue weighted by Gasteiger charge is 2.24. The van der Waals surface area contributed by atoms with Crippen molar-refractivity contribution in [2.24, 2.45) is 5.92 Å². The lowest BCUT2D eigenvalue weighted by molar-refractivity contribution is -0.119. The topological polar surface area (TPSA) is 41.1 Å². The fourth-order valence-corrected chi connectivity index (χ4v) is 2.63. The van der Waals surface area contributed by atoms with E-state index in [2.05, 4.69) is 10.6 Å². The van der Waals surface area contributed by atoms with Crippen molar-refractivity contribution in [1.82, 2.24) is 0 Å². The van der Waals surface area contributed by atoms with E-state index in [1.165, 1.54) is 18.2 Å². The van der Waals surface area contributed by atoms with Gasteiger partial charge in [0, 0.05) is 17.3 Å². The van der Waals surface area contributed by atoms with Crippen molar-refractivity contribution < 1.29 is 9.18 Å². The van der Waals surface area contributed by atoms with Gasteiger partial charge in [0.2, 0.25) is 5.91 Å². The molecule has 2 aromatic carbocycles. The Hall–Kier alpha value is -2.07. The summed E-state index contributed by atoms with van der Waals surface area (Å²) in [6.07, 6.45) is 0.636. The van der Waals surface area contributed by atoms with Crippen LogP contribution in [-0.2, 0) is 11.2 Å². The third-order valence-electron chi connectivity index (χ3n) is 3.58. The Balaban J connectivity index is 1.74. The molecule has 0 fully saturated rings. The first kappa shape index (κ1) is 13.9. The summed E-state index contributed by atoms with van der Waals surface area (Å²) in [4.78, 5) is 12.3. The Morgan fingerprint density at radius 1 is 1.29 bits per heavy atom. The molecule has 0 aromatic heterocycles. The van der Waals surface area contributed by atoms with E-state index in [1.807, 2.05) is 24.3 Å². The number of para-hydroxylation sites is 1. The van der Waals surface area contributed by atoms with E-state index in [0.717, 1.165) is 11.3 Å². The van der Waals surface area contributed by atoms with E-state index < -0.39 is 5.82 Å². The molecule has 0 saturated carbocycles. The van der Waals surface area contributed by atoms with Gasteiger partial charge in [-0.2, -0.15) is 0 Å². The Kier molecular flexibility index (Phi) is 3.80. The van der Waals surface area contributed by atoms with E-state index in [0.29, 0.717) is 18.0 Å². The highest BCUT2D eigenvalue weighted by molar-refractivity contribution is 6.30. The number of halogens is 2. The average molecular weight is 305 g/mol. The van der Waals surface area contributed by atoms with Crippen molar-refractivity contribution in [3.8, 4) is 0 Å². The SMILES string of the molecule is O=C(Nc1cc(Cl)ccc1F)C1CNc2ccccc2C1. The Bertz CT molecular complexity index is 690. The summed E-state index contributed by atoms with van der Waals surface area (Å²) >= 11 is 5.82. The van der Waals surface area contributed by atoms with Crippen LogP contribution in [0.4, 0.5) is 15.8 Å². The number of hydrogen-bond donors (Lipinski definition) is 2. The second kappa shape index (κ2) is 5.74. The van der Waals surface area contributed by atoms with Crippen LogP contribution < -0.4 is 10.6 Å². The number of hydrogen-bond acceptors (Lipinski definition) is 2. The van der Waals surface area contributed by atoms with Gasteiger partial charge in [0.1, 0.15) is 5.82 Å². The lowest BCUT2D eigenvalue weighted by Crippen LogP contribution is -2.33. The molecule has 3 rings (SSSR count). The van der Waals surface area contributed by atoms with Crippen molar-refractivity contribution in [3.05, 3.63) is 58.9 Å². The Labute approximate surface area is 127 Å². The molecule has 0 bridgehead atoms. The Morgan fingerprint density at radius 2 is 2.10 bits per heavy atom. The van der Waals surface area contributed by atoms with Gasteiger partial charge in [-0.15, -0.1) is 0 Å². The summed E-state index contributed by atoms with van der Waals surface area (Å²) in [6, 6.07) is 12.0. The fraction of sp³-hybridized carbons (Fsp3) is 0.188. The van der Waals surface area contributed by atoms with Gasteiger partial charge >= 0.3 is 0 Å². The Morgan fingerprint density at radius 3 is 2.95 bits per heavy atom. The molecule has 3 nitrogen and oxygen atoms in total. The number of carbonyl (C=O) groups excluding carboxylic acids is 1. The maximum Gasteiger partial charge on any atom is 0.229 e. The highest BCUT2D eigenvalue weighted by Crippen LogP contribution is 2.26. The van der Waals surface area contributed by atoms with Crippen LogP contribution in [0, 0.1) is 11.7 Å². The van der Waals surface area contributed by atoms with E-state index >= 15 is 0 Å². The van der Waals surface area contributed by atoms with Gasteiger partial charge in [0.05, 0.1) is 11.6 Å². The molecule has 21 heavy (non-hydrogen) atoms. The van der Waals surface area contributed by atoms with Crippen LogP contribution in [0.5, 0.6) is 0 Å². The molecule has 1 heterocycles. The number of rotatable bonds is 2. The molecule has 1 aliphatic heterocycles. The maximum atomic E-state index is 13.6. The summed E-state index contributed by atoms with van der Waals surface area (Å²) in [7, 11) is 0. The number of benzene rings is 2. The first-order valence-electron chi connectivity index (χ1n) is 6.71. The molecule has 0 radical (unpaired) electrons. The molecular formula is C16H14ClFN2O.